The molecule has 0 bridgehead atoms. The molecule has 0 radical (unpaired) electrons. The minimum Gasteiger partial charge on any atom is -0.459 e. The van der Waals surface area contributed by atoms with E-state index in [2.05, 4.69) is 10.6 Å². The van der Waals surface area contributed by atoms with Gasteiger partial charge in [-0.1, -0.05) is 34.1 Å². The fourth-order valence-electron chi connectivity index (χ4n) is 9.65. The molecule has 17 heteroatoms. The zero-order valence-corrected chi connectivity index (χ0v) is 39.6. The second-order valence-electron chi connectivity index (χ2n) is 19.3. The zero-order valence-electron chi connectivity index (χ0n) is 39.6. The first-order valence-electron chi connectivity index (χ1n) is 22.6. The Hall–Kier alpha value is -1.74. The highest BCUT2D eigenvalue weighted by Crippen LogP contribution is 2.40. The Labute approximate surface area is 365 Å². The van der Waals surface area contributed by atoms with Crippen molar-refractivity contribution < 1.29 is 63.5 Å². The van der Waals surface area contributed by atoms with Gasteiger partial charge in [-0.3, -0.25) is 9.69 Å². The highest BCUT2D eigenvalue weighted by atomic mass is 16.7. The molecule has 0 unspecified atom stereocenters. The van der Waals surface area contributed by atoms with Gasteiger partial charge < -0.3 is 69.5 Å². The number of ether oxygens (including phenoxy) is 6. The summed E-state index contributed by atoms with van der Waals surface area (Å²) in [5, 5.41) is 65.2. The number of esters is 1. The number of nitrogens with zero attached hydrogens (tertiary/aromatic N) is 2. The second kappa shape index (κ2) is 22.9. The van der Waals surface area contributed by atoms with E-state index in [0.717, 1.165) is 12.8 Å². The van der Waals surface area contributed by atoms with Crippen molar-refractivity contribution in [2.45, 2.75) is 205 Å². The van der Waals surface area contributed by atoms with E-state index in [1.807, 2.05) is 44.7 Å². The van der Waals surface area contributed by atoms with Crippen LogP contribution in [0.5, 0.6) is 0 Å². The number of hydrogen-bond donors (Lipinski definition) is 7. The molecule has 17 nitrogen and oxygen atoms in total. The Bertz CT molecular complexity index is 1360. The molecular formula is C44H84N4O13. The molecule has 0 aromatic rings. The van der Waals surface area contributed by atoms with Gasteiger partial charge in [-0.2, -0.15) is 0 Å². The van der Waals surface area contributed by atoms with Crippen LogP contribution in [0.4, 0.5) is 4.79 Å². The Morgan fingerprint density at radius 3 is 2.16 bits per heavy atom. The molecule has 0 aromatic carbocycles. The van der Waals surface area contributed by atoms with Crippen molar-refractivity contribution in [1.29, 1.82) is 0 Å². The Kier molecular flexibility index (Phi) is 20.2. The van der Waals surface area contributed by atoms with Crippen molar-refractivity contribution in [3.05, 3.63) is 0 Å². The van der Waals surface area contributed by atoms with Crippen molar-refractivity contribution in [2.24, 2.45) is 17.8 Å². The van der Waals surface area contributed by atoms with Crippen LogP contribution in [0.15, 0.2) is 0 Å². The first-order chi connectivity index (χ1) is 28.3. The maximum absolute atomic E-state index is 14.5. The van der Waals surface area contributed by atoms with Gasteiger partial charge >= 0.3 is 12.0 Å². The summed E-state index contributed by atoms with van der Waals surface area (Å²) in [6.45, 7) is 20.8. The average Bonchev–Trinajstić information content (AvgIpc) is 3.18. The standard InChI is InChI=1S/C44H84N4O13/c1-15-17-18-45-41(53)46-19-20-48-24-25(3)22-42(9,54)38(61-40-34(49)31(47(12)13)21-26(4)57-40)27(5)35(60-33-23-43(10,56-14)37(51)30(8)58-33)28(6)39(52)59-32(16-2)44(11,55)36(50)29(48)7/h25-38,40,49-51,54-55H,15-24H2,1-14H3,(H2,45,46,53)/t25-,26-,27-,28-,29-,30+,31+,32-,33-,34-,35-,36-,37+,38+,40+,42-,43-,44-/m1/s1. The van der Waals surface area contributed by atoms with E-state index in [0.29, 0.717) is 26.1 Å². The maximum atomic E-state index is 14.5. The van der Waals surface area contributed by atoms with Gasteiger partial charge in [0.25, 0.3) is 0 Å². The van der Waals surface area contributed by atoms with Gasteiger partial charge in [0.2, 0.25) is 0 Å². The lowest BCUT2D eigenvalue weighted by Gasteiger charge is -2.48. The van der Waals surface area contributed by atoms with Gasteiger partial charge in [-0.25, -0.2) is 4.79 Å². The number of hydrogen-bond acceptors (Lipinski definition) is 15. The number of unbranched alkanes of at least 4 members (excludes halogenated alkanes) is 1. The number of methoxy groups -OCH3 is 1. The Morgan fingerprint density at radius 1 is 0.934 bits per heavy atom. The largest absolute Gasteiger partial charge is 0.459 e. The number of amides is 2. The van der Waals surface area contributed by atoms with Gasteiger partial charge in [0.05, 0.1) is 41.5 Å². The quantitative estimate of drug-likeness (QED) is 0.104. The topological polar surface area (TPSA) is 221 Å². The van der Waals surface area contributed by atoms with Crippen molar-refractivity contribution in [3.8, 4) is 0 Å². The number of carbonyl (C=O) groups excluding carboxylic acids is 2. The van der Waals surface area contributed by atoms with Gasteiger partial charge in [-0.05, 0) is 94.2 Å². The molecule has 61 heavy (non-hydrogen) atoms. The molecule has 0 saturated carbocycles. The lowest BCUT2D eigenvalue weighted by Crippen LogP contribution is -2.60. The Balaban J connectivity index is 2.16. The number of urea groups is 1. The van der Waals surface area contributed by atoms with Gasteiger partial charge in [0.15, 0.2) is 12.6 Å². The Morgan fingerprint density at radius 2 is 1.57 bits per heavy atom. The van der Waals surface area contributed by atoms with Gasteiger partial charge in [0.1, 0.15) is 30.0 Å². The lowest BCUT2D eigenvalue weighted by atomic mass is 9.77. The van der Waals surface area contributed by atoms with E-state index in [-0.39, 0.29) is 49.9 Å². The molecule has 3 aliphatic heterocycles. The third kappa shape index (κ3) is 13.6. The monoisotopic (exact) mass is 877 g/mol. The minimum atomic E-state index is -1.91. The van der Waals surface area contributed by atoms with Crippen LogP contribution in [0.3, 0.4) is 0 Å². The van der Waals surface area contributed by atoms with Crippen LogP contribution in [0, 0.1) is 17.8 Å². The smallest absolute Gasteiger partial charge is 0.314 e. The molecule has 3 heterocycles. The van der Waals surface area contributed by atoms with Crippen LogP contribution >= 0.6 is 0 Å². The number of rotatable bonds is 13. The molecule has 358 valence electrons. The number of nitrogens with one attached hydrogen (secondary N) is 2. The van der Waals surface area contributed by atoms with Crippen molar-refractivity contribution in [1.82, 2.24) is 20.4 Å². The van der Waals surface area contributed by atoms with Gasteiger partial charge in [-0.15, -0.1) is 0 Å². The first kappa shape index (κ1) is 53.6. The third-order valence-electron chi connectivity index (χ3n) is 13.5. The molecule has 0 spiro atoms. The van der Waals surface area contributed by atoms with Crippen molar-refractivity contribution >= 4 is 12.0 Å². The lowest BCUT2D eigenvalue weighted by molar-refractivity contribution is -0.318. The number of aliphatic hydroxyl groups is 5. The highest BCUT2D eigenvalue weighted by Gasteiger charge is 2.53. The summed E-state index contributed by atoms with van der Waals surface area (Å²) in [6, 6.07) is -1.32. The third-order valence-corrected chi connectivity index (χ3v) is 13.5. The average molecular weight is 877 g/mol. The van der Waals surface area contributed by atoms with Crippen LogP contribution < -0.4 is 10.6 Å². The first-order valence-corrected chi connectivity index (χ1v) is 22.6. The molecular weight excluding hydrogens is 792 g/mol. The predicted octanol–water partition coefficient (Wildman–Crippen LogP) is 2.37. The number of cyclic esters (lactones) is 1. The van der Waals surface area contributed by atoms with E-state index < -0.39 is 96.0 Å². The van der Waals surface area contributed by atoms with E-state index in [9.17, 15) is 35.1 Å². The second-order valence-corrected chi connectivity index (χ2v) is 19.3. The van der Waals surface area contributed by atoms with E-state index >= 15 is 0 Å². The maximum Gasteiger partial charge on any atom is 0.314 e. The fourth-order valence-corrected chi connectivity index (χ4v) is 9.65. The normalized spacial score (nSPS) is 43.9. The summed E-state index contributed by atoms with van der Waals surface area (Å²) in [6.07, 6.45) is -7.19. The van der Waals surface area contributed by atoms with E-state index in [4.69, 9.17) is 28.4 Å². The minimum absolute atomic E-state index is 0.104. The van der Waals surface area contributed by atoms with Crippen LogP contribution in [0.25, 0.3) is 0 Å². The van der Waals surface area contributed by atoms with Crippen LogP contribution in [0.1, 0.15) is 115 Å². The van der Waals surface area contributed by atoms with Crippen LogP contribution in [-0.2, 0) is 33.2 Å². The summed E-state index contributed by atoms with van der Waals surface area (Å²) >= 11 is 0. The molecule has 0 aromatic heterocycles. The van der Waals surface area contributed by atoms with E-state index in [1.54, 1.807) is 48.5 Å². The molecule has 3 aliphatic rings. The highest BCUT2D eigenvalue weighted by molar-refractivity contribution is 5.73. The van der Waals surface area contributed by atoms with Crippen LogP contribution in [-0.4, -0.2) is 185 Å². The summed E-state index contributed by atoms with van der Waals surface area (Å²) in [5.41, 5.74) is -4.62. The molecule has 7 N–H and O–H groups in total. The molecule has 3 fully saturated rings. The number of aliphatic hydroxyl groups excluding tert-OH is 3. The van der Waals surface area contributed by atoms with Crippen molar-refractivity contribution in [3.63, 3.8) is 0 Å². The van der Waals surface area contributed by atoms with Crippen molar-refractivity contribution in [2.75, 3.05) is 47.4 Å². The summed E-state index contributed by atoms with van der Waals surface area (Å²) in [5.74, 6) is -2.87. The molecule has 3 saturated heterocycles. The summed E-state index contributed by atoms with van der Waals surface area (Å²) in [7, 11) is 5.25. The summed E-state index contributed by atoms with van der Waals surface area (Å²) < 4.78 is 37.9. The molecule has 0 aliphatic carbocycles. The molecule has 3 rings (SSSR count). The fraction of sp³-hybridized carbons (Fsp3) is 0.955. The summed E-state index contributed by atoms with van der Waals surface area (Å²) in [4.78, 5) is 30.9. The number of carbonyl (C=O) groups is 2. The molecule has 18 atom stereocenters. The van der Waals surface area contributed by atoms with Gasteiger partial charge in [0, 0.05) is 57.7 Å². The van der Waals surface area contributed by atoms with Crippen LogP contribution in [0.2, 0.25) is 0 Å². The number of likely N-dealkylation sites (N-methyl/N-ethyl adjacent to an activating group) is 1. The SMILES string of the molecule is CCCCNC(=O)NCCN1C[C@H](C)C[C@@](C)(O)[C@@H](O[C@@H]2O[C@H](C)C[C@H](N(C)C)[C@H]2O)[C@H](C)[C@@H](O[C@@H]2C[C@@](C)(OC)[C@@H](O)[C@H](C)O2)[C@@H](C)C(=O)O[C@H](CC)[C@@](C)(O)[C@H](O)[C@H]1C. The predicted molar refractivity (Wildman–Crippen MR) is 229 cm³/mol. The molecule has 2 amide bonds. The zero-order chi connectivity index (χ0) is 46.2. The van der Waals surface area contributed by atoms with E-state index in [1.165, 1.54) is 14.0 Å².